The molecule has 9 nitrogen and oxygen atoms in total. The van der Waals surface area contributed by atoms with Crippen molar-refractivity contribution >= 4 is 28.7 Å². The van der Waals surface area contributed by atoms with Gasteiger partial charge in [-0.15, -0.1) is 11.3 Å². The molecule has 0 radical (unpaired) electrons. The zero-order chi connectivity index (χ0) is 22.5. The van der Waals surface area contributed by atoms with Crippen LogP contribution >= 0.6 is 11.3 Å². The molecule has 1 aromatic heterocycles. The lowest BCUT2D eigenvalue weighted by Gasteiger charge is -2.08. The van der Waals surface area contributed by atoms with Gasteiger partial charge in [0, 0.05) is 17.0 Å². The van der Waals surface area contributed by atoms with Crippen LogP contribution in [0.4, 0.5) is 5.69 Å². The summed E-state index contributed by atoms with van der Waals surface area (Å²) in [5.74, 6) is 0.493. The van der Waals surface area contributed by atoms with Gasteiger partial charge in [-0.05, 0) is 35.9 Å². The first-order valence-corrected chi connectivity index (χ1v) is 9.65. The summed E-state index contributed by atoms with van der Waals surface area (Å²) >= 11 is 1.25. The van der Waals surface area contributed by atoms with Gasteiger partial charge in [0.25, 0.3) is 0 Å². The second kappa shape index (κ2) is 9.15. The molecule has 0 fully saturated rings. The van der Waals surface area contributed by atoms with E-state index in [-0.39, 0.29) is 11.3 Å². The topological polar surface area (TPSA) is 128 Å². The molecule has 0 unspecified atom stereocenters. The number of nitriles is 1. The molecule has 31 heavy (non-hydrogen) atoms. The van der Waals surface area contributed by atoms with E-state index in [0.29, 0.717) is 27.8 Å². The first-order chi connectivity index (χ1) is 14.9. The molecular formula is C21H17N3O6S. The Morgan fingerprint density at radius 1 is 1.16 bits per heavy atom. The van der Waals surface area contributed by atoms with Crippen molar-refractivity contribution in [3.63, 3.8) is 0 Å². The number of thiazole rings is 1. The summed E-state index contributed by atoms with van der Waals surface area (Å²) in [6.45, 7) is 0. The molecule has 2 aromatic carbocycles. The molecule has 0 atom stereocenters. The van der Waals surface area contributed by atoms with Gasteiger partial charge < -0.3 is 19.3 Å². The third-order valence-corrected chi connectivity index (χ3v) is 5.21. The van der Waals surface area contributed by atoms with Gasteiger partial charge in [-0.1, -0.05) is 0 Å². The van der Waals surface area contributed by atoms with E-state index in [1.807, 2.05) is 6.07 Å². The Kier molecular flexibility index (Phi) is 6.37. The SMILES string of the molecule is COc1ccc(-c2csc(C(C#N)=Cc3cc(OC)c(O)c([N+](=O)[O-])c3)n2)cc1OC. The van der Waals surface area contributed by atoms with Crippen LogP contribution in [0.3, 0.4) is 0 Å². The van der Waals surface area contributed by atoms with E-state index in [9.17, 15) is 20.5 Å². The minimum absolute atomic E-state index is 0.0668. The number of nitro benzene ring substituents is 1. The summed E-state index contributed by atoms with van der Waals surface area (Å²) in [5.41, 5.74) is 1.42. The second-order valence-electron chi connectivity index (χ2n) is 6.13. The first-order valence-electron chi connectivity index (χ1n) is 8.77. The Balaban J connectivity index is 2.01. The van der Waals surface area contributed by atoms with Gasteiger partial charge in [-0.3, -0.25) is 10.1 Å². The van der Waals surface area contributed by atoms with Crippen LogP contribution in [0.5, 0.6) is 23.0 Å². The minimum Gasteiger partial charge on any atom is -0.500 e. The average Bonchev–Trinajstić information content (AvgIpc) is 3.27. The van der Waals surface area contributed by atoms with Crippen molar-refractivity contribution in [1.29, 1.82) is 5.26 Å². The van der Waals surface area contributed by atoms with Crippen molar-refractivity contribution in [2.24, 2.45) is 0 Å². The molecule has 1 N–H and O–H groups in total. The number of phenols is 1. The number of rotatable bonds is 7. The summed E-state index contributed by atoms with van der Waals surface area (Å²) in [5, 5.41) is 33.0. The number of methoxy groups -OCH3 is 3. The number of benzene rings is 2. The molecule has 0 aliphatic heterocycles. The molecule has 158 valence electrons. The van der Waals surface area contributed by atoms with E-state index in [1.54, 1.807) is 24.6 Å². The number of nitro groups is 1. The highest BCUT2D eigenvalue weighted by molar-refractivity contribution is 7.11. The first kappa shape index (κ1) is 21.6. The number of aromatic hydroxyl groups is 1. The Morgan fingerprint density at radius 2 is 1.87 bits per heavy atom. The molecule has 0 spiro atoms. The third-order valence-electron chi connectivity index (χ3n) is 4.34. The fraction of sp³-hybridized carbons (Fsp3) is 0.143. The van der Waals surface area contributed by atoms with Crippen LogP contribution in [0.15, 0.2) is 35.7 Å². The highest BCUT2D eigenvalue weighted by Crippen LogP contribution is 2.38. The molecule has 3 aromatic rings. The highest BCUT2D eigenvalue weighted by atomic mass is 32.1. The smallest absolute Gasteiger partial charge is 0.315 e. The predicted molar refractivity (Wildman–Crippen MR) is 115 cm³/mol. The fourth-order valence-electron chi connectivity index (χ4n) is 2.83. The number of aromatic nitrogens is 1. The summed E-state index contributed by atoms with van der Waals surface area (Å²) < 4.78 is 15.5. The van der Waals surface area contributed by atoms with E-state index >= 15 is 0 Å². The summed E-state index contributed by atoms with van der Waals surface area (Å²) in [7, 11) is 4.37. The maximum atomic E-state index is 11.2. The van der Waals surface area contributed by atoms with Gasteiger partial charge >= 0.3 is 5.69 Å². The second-order valence-corrected chi connectivity index (χ2v) is 6.98. The van der Waals surface area contributed by atoms with Gasteiger partial charge in [0.05, 0.1) is 37.5 Å². The van der Waals surface area contributed by atoms with E-state index in [2.05, 4.69) is 11.1 Å². The summed E-state index contributed by atoms with van der Waals surface area (Å²) in [6.07, 6.45) is 1.45. The van der Waals surface area contributed by atoms with Gasteiger partial charge in [-0.2, -0.15) is 5.26 Å². The van der Waals surface area contributed by atoms with Crippen LogP contribution in [0.1, 0.15) is 10.6 Å². The van der Waals surface area contributed by atoms with E-state index in [0.717, 1.165) is 11.6 Å². The molecular weight excluding hydrogens is 422 g/mol. The van der Waals surface area contributed by atoms with Crippen LogP contribution in [-0.4, -0.2) is 36.3 Å². The van der Waals surface area contributed by atoms with Crippen molar-refractivity contribution in [2.45, 2.75) is 0 Å². The summed E-state index contributed by atoms with van der Waals surface area (Å²) in [6, 6.07) is 10.00. The van der Waals surface area contributed by atoms with Crippen LogP contribution < -0.4 is 14.2 Å². The van der Waals surface area contributed by atoms with Crippen molar-refractivity contribution in [3.05, 3.63) is 56.4 Å². The van der Waals surface area contributed by atoms with Crippen LogP contribution in [0, 0.1) is 21.4 Å². The third kappa shape index (κ3) is 4.41. The fourth-order valence-corrected chi connectivity index (χ4v) is 3.62. The quantitative estimate of drug-likeness (QED) is 0.323. The standard InChI is InChI=1S/C21H17N3O6S/c1-28-17-5-4-13(9-18(17)29-2)15-11-31-21(23-15)14(10-22)6-12-7-16(24(26)27)20(25)19(8-12)30-3/h4-9,11,25H,1-3H3. The molecule has 0 aliphatic carbocycles. The van der Waals surface area contributed by atoms with Gasteiger partial charge in [0.1, 0.15) is 11.1 Å². The lowest BCUT2D eigenvalue weighted by atomic mass is 10.1. The largest absolute Gasteiger partial charge is 0.500 e. The van der Waals surface area contributed by atoms with E-state index in [1.165, 1.54) is 37.7 Å². The lowest BCUT2D eigenvalue weighted by molar-refractivity contribution is -0.386. The van der Waals surface area contributed by atoms with Crippen molar-refractivity contribution in [2.75, 3.05) is 21.3 Å². The lowest BCUT2D eigenvalue weighted by Crippen LogP contribution is -1.93. The Bertz CT molecular complexity index is 1210. The van der Waals surface area contributed by atoms with Gasteiger partial charge in [-0.25, -0.2) is 4.98 Å². The van der Waals surface area contributed by atoms with Crippen LogP contribution in [0.2, 0.25) is 0 Å². The predicted octanol–water partition coefficient (Wildman–Crippen LogP) is 4.51. The van der Waals surface area contributed by atoms with Gasteiger partial charge in [0.2, 0.25) is 5.75 Å². The molecule has 1 heterocycles. The molecule has 0 amide bonds. The molecule has 0 bridgehead atoms. The molecule has 0 aliphatic rings. The number of ether oxygens (including phenoxy) is 3. The van der Waals surface area contributed by atoms with Crippen molar-refractivity contribution in [3.8, 4) is 40.3 Å². The number of allylic oxidation sites excluding steroid dienone is 1. The highest BCUT2D eigenvalue weighted by Gasteiger charge is 2.20. The average molecular weight is 439 g/mol. The van der Waals surface area contributed by atoms with Crippen molar-refractivity contribution in [1.82, 2.24) is 4.98 Å². The molecule has 3 rings (SSSR count). The minimum atomic E-state index is -0.722. The molecule has 10 heteroatoms. The number of hydrogen-bond donors (Lipinski definition) is 1. The molecule has 0 saturated carbocycles. The van der Waals surface area contributed by atoms with Crippen molar-refractivity contribution < 1.29 is 24.2 Å². The maximum absolute atomic E-state index is 11.2. The Labute approximate surface area is 181 Å². The normalized spacial score (nSPS) is 11.0. The Hall–Kier alpha value is -4.10. The number of nitrogens with zero attached hydrogens (tertiary/aromatic N) is 3. The summed E-state index contributed by atoms with van der Waals surface area (Å²) in [4.78, 5) is 15.0. The zero-order valence-corrected chi connectivity index (χ0v) is 17.6. The Morgan fingerprint density at radius 3 is 2.48 bits per heavy atom. The van der Waals surface area contributed by atoms with Crippen LogP contribution in [0.25, 0.3) is 22.9 Å². The zero-order valence-electron chi connectivity index (χ0n) is 16.8. The van der Waals surface area contributed by atoms with Crippen LogP contribution in [-0.2, 0) is 0 Å². The van der Waals surface area contributed by atoms with Gasteiger partial charge in [0.15, 0.2) is 17.2 Å². The number of phenolic OH excluding ortho intramolecular Hbond substituents is 1. The monoisotopic (exact) mass is 439 g/mol. The number of hydrogen-bond acceptors (Lipinski definition) is 9. The van der Waals surface area contributed by atoms with E-state index in [4.69, 9.17) is 14.2 Å². The molecule has 0 saturated heterocycles. The van der Waals surface area contributed by atoms with E-state index < -0.39 is 16.4 Å². The maximum Gasteiger partial charge on any atom is 0.315 e.